The third-order valence-corrected chi connectivity index (χ3v) is 3.49. The summed E-state index contributed by atoms with van der Waals surface area (Å²) in [6.07, 6.45) is 0.0529. The van der Waals surface area contributed by atoms with Crippen LogP contribution in [0.5, 0.6) is 5.75 Å². The van der Waals surface area contributed by atoms with Crippen LogP contribution in [0.1, 0.15) is 12.5 Å². The van der Waals surface area contributed by atoms with E-state index < -0.39 is 0 Å². The summed E-state index contributed by atoms with van der Waals surface area (Å²) >= 11 is 1.63. The van der Waals surface area contributed by atoms with Crippen molar-refractivity contribution in [3.63, 3.8) is 0 Å². The van der Waals surface area contributed by atoms with Crippen LogP contribution in [-0.4, -0.2) is 36.1 Å². The summed E-state index contributed by atoms with van der Waals surface area (Å²) in [5, 5.41) is 12.0. The van der Waals surface area contributed by atoms with E-state index >= 15 is 0 Å². The highest BCUT2D eigenvalue weighted by Gasteiger charge is 2.23. The van der Waals surface area contributed by atoms with Gasteiger partial charge in [0.2, 0.25) is 0 Å². The van der Waals surface area contributed by atoms with Gasteiger partial charge in [-0.1, -0.05) is 18.1 Å². The standard InChI is InChI=1S/C12H16N2O3S/c1-2-18-10-5-3-4-9(11(10)12(13)14-15)17-8-6-16-7-8/h3-5,8,15H,2,6-7H2,1H3,(H2,13,14). The van der Waals surface area contributed by atoms with Crippen LogP contribution < -0.4 is 10.5 Å². The zero-order valence-electron chi connectivity index (χ0n) is 10.1. The van der Waals surface area contributed by atoms with Crippen LogP contribution in [0.3, 0.4) is 0 Å². The SMILES string of the molecule is CCSc1cccc(OC2COC2)c1/C(N)=N/O. The van der Waals surface area contributed by atoms with E-state index in [2.05, 4.69) is 5.16 Å². The number of nitrogens with zero attached hydrogens (tertiary/aromatic N) is 1. The summed E-state index contributed by atoms with van der Waals surface area (Å²) in [7, 11) is 0. The maximum Gasteiger partial charge on any atom is 0.174 e. The Morgan fingerprint density at radius 3 is 2.94 bits per heavy atom. The molecule has 3 N–H and O–H groups in total. The number of ether oxygens (including phenoxy) is 2. The first-order valence-corrected chi connectivity index (χ1v) is 6.73. The molecule has 1 heterocycles. The molecule has 0 aromatic heterocycles. The van der Waals surface area contributed by atoms with E-state index in [0.29, 0.717) is 24.5 Å². The minimum Gasteiger partial charge on any atom is -0.485 e. The molecule has 1 fully saturated rings. The molecule has 1 aromatic carbocycles. The van der Waals surface area contributed by atoms with Gasteiger partial charge in [0, 0.05) is 4.90 Å². The van der Waals surface area contributed by atoms with Crippen molar-refractivity contribution in [2.24, 2.45) is 10.9 Å². The fraction of sp³-hybridized carbons (Fsp3) is 0.417. The number of rotatable bonds is 5. The molecule has 1 aliphatic heterocycles. The lowest BCUT2D eigenvalue weighted by atomic mass is 10.1. The van der Waals surface area contributed by atoms with E-state index in [4.69, 9.17) is 20.4 Å². The number of hydrogen-bond donors (Lipinski definition) is 2. The molecule has 98 valence electrons. The van der Waals surface area contributed by atoms with Crippen LogP contribution in [0.15, 0.2) is 28.3 Å². The largest absolute Gasteiger partial charge is 0.485 e. The lowest BCUT2D eigenvalue weighted by Crippen LogP contribution is -2.39. The fourth-order valence-electron chi connectivity index (χ4n) is 1.65. The number of oxime groups is 1. The van der Waals surface area contributed by atoms with E-state index in [1.807, 2.05) is 25.1 Å². The van der Waals surface area contributed by atoms with E-state index in [1.165, 1.54) is 0 Å². The molecule has 18 heavy (non-hydrogen) atoms. The smallest absolute Gasteiger partial charge is 0.174 e. The Morgan fingerprint density at radius 1 is 1.61 bits per heavy atom. The minimum atomic E-state index is 0.0529. The average molecular weight is 268 g/mol. The van der Waals surface area contributed by atoms with Gasteiger partial charge in [0.25, 0.3) is 0 Å². The molecule has 2 rings (SSSR count). The van der Waals surface area contributed by atoms with Crippen molar-refractivity contribution in [1.82, 2.24) is 0 Å². The van der Waals surface area contributed by atoms with E-state index in [-0.39, 0.29) is 11.9 Å². The van der Waals surface area contributed by atoms with Crippen molar-refractivity contribution >= 4 is 17.6 Å². The molecule has 0 saturated carbocycles. The number of nitrogens with two attached hydrogens (primary N) is 1. The van der Waals surface area contributed by atoms with E-state index in [1.54, 1.807) is 11.8 Å². The first kappa shape index (κ1) is 13.0. The van der Waals surface area contributed by atoms with Crippen LogP contribution in [0.2, 0.25) is 0 Å². The van der Waals surface area contributed by atoms with Crippen molar-refractivity contribution in [2.45, 2.75) is 17.9 Å². The Balaban J connectivity index is 2.33. The third-order valence-electron chi connectivity index (χ3n) is 2.55. The zero-order valence-corrected chi connectivity index (χ0v) is 10.9. The predicted molar refractivity (Wildman–Crippen MR) is 70.6 cm³/mol. The lowest BCUT2D eigenvalue weighted by molar-refractivity contribution is -0.0798. The Labute approximate surface area is 110 Å². The Hall–Kier alpha value is -1.40. The first-order valence-electron chi connectivity index (χ1n) is 5.74. The van der Waals surface area contributed by atoms with Gasteiger partial charge in [0.1, 0.15) is 11.9 Å². The van der Waals surface area contributed by atoms with Gasteiger partial charge in [-0.25, -0.2) is 0 Å². The van der Waals surface area contributed by atoms with Crippen LogP contribution in [0, 0.1) is 0 Å². The molecule has 0 radical (unpaired) electrons. The lowest BCUT2D eigenvalue weighted by Gasteiger charge is -2.28. The molecule has 0 bridgehead atoms. The molecular formula is C12H16N2O3S. The quantitative estimate of drug-likeness (QED) is 0.279. The highest BCUT2D eigenvalue weighted by Crippen LogP contribution is 2.31. The topological polar surface area (TPSA) is 77.1 Å². The van der Waals surface area contributed by atoms with Crippen LogP contribution in [0.25, 0.3) is 0 Å². The monoisotopic (exact) mass is 268 g/mol. The highest BCUT2D eigenvalue weighted by atomic mass is 32.2. The van der Waals surface area contributed by atoms with Crippen molar-refractivity contribution in [2.75, 3.05) is 19.0 Å². The molecule has 0 spiro atoms. The van der Waals surface area contributed by atoms with E-state index in [9.17, 15) is 0 Å². The summed E-state index contributed by atoms with van der Waals surface area (Å²) in [6, 6.07) is 5.66. The van der Waals surface area contributed by atoms with Gasteiger partial charge in [-0.3, -0.25) is 0 Å². The number of hydrogen-bond acceptors (Lipinski definition) is 5. The number of benzene rings is 1. The summed E-state index contributed by atoms with van der Waals surface area (Å²) in [5.41, 5.74) is 6.39. The second kappa shape index (κ2) is 5.97. The highest BCUT2D eigenvalue weighted by molar-refractivity contribution is 7.99. The molecule has 0 amide bonds. The Bertz CT molecular complexity index is 447. The third kappa shape index (κ3) is 2.70. The normalized spacial score (nSPS) is 16.4. The number of thioether (sulfide) groups is 1. The maximum absolute atomic E-state index is 8.88. The molecule has 0 unspecified atom stereocenters. The molecule has 1 saturated heterocycles. The van der Waals surface area contributed by atoms with Crippen LogP contribution in [0.4, 0.5) is 0 Å². The zero-order chi connectivity index (χ0) is 13.0. The van der Waals surface area contributed by atoms with Gasteiger partial charge in [-0.05, 0) is 17.9 Å². The van der Waals surface area contributed by atoms with Crippen LogP contribution >= 0.6 is 11.8 Å². The van der Waals surface area contributed by atoms with E-state index in [0.717, 1.165) is 10.6 Å². The van der Waals surface area contributed by atoms with Gasteiger partial charge < -0.3 is 20.4 Å². The summed E-state index contributed by atoms with van der Waals surface area (Å²) in [4.78, 5) is 0.950. The molecule has 0 atom stereocenters. The predicted octanol–water partition coefficient (Wildman–Crippen LogP) is 1.67. The maximum atomic E-state index is 8.88. The summed E-state index contributed by atoms with van der Waals surface area (Å²) in [5.74, 6) is 1.61. The van der Waals surface area contributed by atoms with Crippen LogP contribution in [-0.2, 0) is 4.74 Å². The Morgan fingerprint density at radius 2 is 2.39 bits per heavy atom. The van der Waals surface area contributed by atoms with Gasteiger partial charge in [0.05, 0.1) is 18.8 Å². The number of amidine groups is 1. The van der Waals surface area contributed by atoms with Crippen molar-refractivity contribution in [3.05, 3.63) is 23.8 Å². The molecule has 1 aromatic rings. The summed E-state index contributed by atoms with van der Waals surface area (Å²) in [6.45, 7) is 3.22. The fourth-order valence-corrected chi connectivity index (χ4v) is 2.48. The molecule has 0 aliphatic carbocycles. The van der Waals surface area contributed by atoms with Gasteiger partial charge in [-0.2, -0.15) is 0 Å². The molecular weight excluding hydrogens is 252 g/mol. The second-order valence-electron chi connectivity index (χ2n) is 3.82. The summed E-state index contributed by atoms with van der Waals surface area (Å²) < 4.78 is 10.9. The van der Waals surface area contributed by atoms with Gasteiger partial charge in [0.15, 0.2) is 5.84 Å². The van der Waals surface area contributed by atoms with Crippen molar-refractivity contribution in [3.8, 4) is 5.75 Å². The molecule has 1 aliphatic rings. The Kier molecular flexibility index (Phi) is 4.33. The van der Waals surface area contributed by atoms with Crippen molar-refractivity contribution < 1.29 is 14.7 Å². The molecule has 6 heteroatoms. The molecule has 5 nitrogen and oxygen atoms in total. The first-order chi connectivity index (χ1) is 8.76. The second-order valence-corrected chi connectivity index (χ2v) is 5.13. The minimum absolute atomic E-state index is 0.0529. The van der Waals surface area contributed by atoms with Gasteiger partial charge in [-0.15, -0.1) is 11.8 Å². The van der Waals surface area contributed by atoms with Gasteiger partial charge >= 0.3 is 0 Å². The van der Waals surface area contributed by atoms with Crippen molar-refractivity contribution in [1.29, 1.82) is 0 Å². The average Bonchev–Trinajstić information content (AvgIpc) is 2.33.